The quantitative estimate of drug-likeness (QED) is 0.872. The van der Waals surface area contributed by atoms with Crippen LogP contribution >= 0.6 is 0 Å². The van der Waals surface area contributed by atoms with Crippen molar-refractivity contribution < 1.29 is 13.9 Å². The fraction of sp³-hybridized carbons (Fsp3) is 0.733. The maximum absolute atomic E-state index is 12.6. The summed E-state index contributed by atoms with van der Waals surface area (Å²) in [4.78, 5) is 16.7. The van der Waals surface area contributed by atoms with Crippen molar-refractivity contribution in [3.8, 4) is 0 Å². The average molecular weight is 293 g/mol. The van der Waals surface area contributed by atoms with E-state index in [2.05, 4.69) is 10.3 Å². The lowest BCUT2D eigenvalue weighted by Gasteiger charge is -2.65. The molecule has 3 unspecified atom stereocenters. The molecule has 2 heterocycles. The fourth-order valence-electron chi connectivity index (χ4n) is 3.82. The Hall–Kier alpha value is -1.40. The van der Waals surface area contributed by atoms with Crippen LogP contribution in [-0.4, -0.2) is 29.1 Å². The van der Waals surface area contributed by atoms with E-state index >= 15 is 0 Å². The van der Waals surface area contributed by atoms with Crippen molar-refractivity contribution in [1.82, 2.24) is 10.3 Å². The normalized spacial score (nSPS) is 33.9. The minimum atomic E-state index is -0.889. The van der Waals surface area contributed by atoms with Crippen molar-refractivity contribution in [3.05, 3.63) is 17.8 Å². The number of amides is 1. The highest BCUT2D eigenvalue weighted by atomic mass is 16.5. The van der Waals surface area contributed by atoms with Gasteiger partial charge in [0.05, 0.1) is 18.8 Å². The number of aromatic nitrogens is 1. The lowest BCUT2D eigenvalue weighted by atomic mass is 9.46. The first kappa shape index (κ1) is 14.5. The van der Waals surface area contributed by atoms with E-state index in [4.69, 9.17) is 14.9 Å². The van der Waals surface area contributed by atoms with Gasteiger partial charge in [0.15, 0.2) is 0 Å². The molecule has 1 amide bonds. The summed E-state index contributed by atoms with van der Waals surface area (Å²) in [5.74, 6) is 1.17. The van der Waals surface area contributed by atoms with Crippen LogP contribution in [0.4, 0.5) is 0 Å². The molecule has 0 spiro atoms. The number of nitrogens with zero attached hydrogens (tertiary/aromatic N) is 1. The molecular weight excluding hydrogens is 270 g/mol. The van der Waals surface area contributed by atoms with E-state index in [9.17, 15) is 4.79 Å². The van der Waals surface area contributed by atoms with Gasteiger partial charge in [-0.1, -0.05) is 13.8 Å². The zero-order valence-electron chi connectivity index (χ0n) is 12.8. The Morgan fingerprint density at radius 3 is 3.00 bits per heavy atom. The van der Waals surface area contributed by atoms with E-state index in [0.29, 0.717) is 5.89 Å². The number of oxazole rings is 1. The van der Waals surface area contributed by atoms with Gasteiger partial charge in [-0.2, -0.15) is 0 Å². The molecule has 3 atom stereocenters. The van der Waals surface area contributed by atoms with Gasteiger partial charge in [0.1, 0.15) is 11.3 Å². The summed E-state index contributed by atoms with van der Waals surface area (Å²) in [6.45, 7) is 6.86. The first-order valence-electron chi connectivity index (χ1n) is 7.47. The summed E-state index contributed by atoms with van der Waals surface area (Å²) in [5, 5.41) is 2.87. The van der Waals surface area contributed by atoms with E-state index in [1.807, 2.05) is 20.8 Å². The van der Waals surface area contributed by atoms with Crippen molar-refractivity contribution in [2.45, 2.75) is 51.8 Å². The summed E-state index contributed by atoms with van der Waals surface area (Å²) in [6.07, 6.45) is 3.61. The molecule has 2 fully saturated rings. The molecule has 6 nitrogen and oxygen atoms in total. The van der Waals surface area contributed by atoms with Crippen LogP contribution in [0.15, 0.2) is 10.6 Å². The number of fused-ring (bicyclic) bond motifs is 1. The average Bonchev–Trinajstić information content (AvgIpc) is 2.89. The van der Waals surface area contributed by atoms with Gasteiger partial charge in [-0.25, -0.2) is 4.98 Å². The lowest BCUT2D eigenvalue weighted by molar-refractivity contribution is -0.225. The molecule has 1 aromatic rings. The lowest BCUT2D eigenvalue weighted by Crippen LogP contribution is -2.82. The van der Waals surface area contributed by atoms with Gasteiger partial charge in [-0.05, 0) is 19.8 Å². The molecule has 2 aliphatic rings. The number of carbonyl (C=O) groups excluding carboxylic acids is 1. The van der Waals surface area contributed by atoms with Crippen LogP contribution in [0.1, 0.15) is 38.3 Å². The molecule has 1 aliphatic carbocycles. The summed E-state index contributed by atoms with van der Waals surface area (Å²) in [6, 6.07) is 0. The van der Waals surface area contributed by atoms with E-state index in [0.717, 1.165) is 25.2 Å². The van der Waals surface area contributed by atoms with Crippen molar-refractivity contribution >= 4 is 5.91 Å². The first-order valence-corrected chi connectivity index (χ1v) is 7.47. The topological polar surface area (TPSA) is 90.4 Å². The molecule has 0 aromatic carbocycles. The molecule has 1 aromatic heterocycles. The molecule has 1 aliphatic heterocycles. The van der Waals surface area contributed by atoms with Gasteiger partial charge in [-0.15, -0.1) is 0 Å². The van der Waals surface area contributed by atoms with Crippen molar-refractivity contribution in [1.29, 1.82) is 0 Å². The Kier molecular flexibility index (Phi) is 3.33. The number of hydrogen-bond acceptors (Lipinski definition) is 5. The Morgan fingerprint density at radius 1 is 1.57 bits per heavy atom. The molecule has 0 radical (unpaired) electrons. The van der Waals surface area contributed by atoms with Crippen LogP contribution in [-0.2, 0) is 16.1 Å². The van der Waals surface area contributed by atoms with E-state index in [1.54, 1.807) is 6.20 Å². The van der Waals surface area contributed by atoms with Crippen molar-refractivity contribution in [3.63, 3.8) is 0 Å². The van der Waals surface area contributed by atoms with Crippen LogP contribution in [0.25, 0.3) is 0 Å². The second kappa shape index (κ2) is 4.81. The standard InChI is InChI=1S/C15H23N3O3/c1-9-7-17-11(21-9)8-18-13(19)15(16)10-5-4-6-20-12(10)14(15,2)3/h7,10,12H,4-6,8,16H2,1-3H3,(H,18,19). The highest BCUT2D eigenvalue weighted by Gasteiger charge is 2.70. The van der Waals surface area contributed by atoms with Gasteiger partial charge in [0.25, 0.3) is 0 Å². The Bertz CT molecular complexity index is 554. The van der Waals surface area contributed by atoms with Crippen LogP contribution in [0.5, 0.6) is 0 Å². The molecule has 1 saturated carbocycles. The fourth-order valence-corrected chi connectivity index (χ4v) is 3.82. The zero-order valence-corrected chi connectivity index (χ0v) is 12.8. The number of hydrogen-bond donors (Lipinski definition) is 2. The summed E-state index contributed by atoms with van der Waals surface area (Å²) >= 11 is 0. The van der Waals surface area contributed by atoms with Gasteiger partial charge < -0.3 is 20.2 Å². The highest BCUT2D eigenvalue weighted by Crippen LogP contribution is 2.57. The third kappa shape index (κ3) is 2.00. The highest BCUT2D eigenvalue weighted by molar-refractivity contribution is 5.89. The van der Waals surface area contributed by atoms with E-state index < -0.39 is 5.54 Å². The number of aryl methyl sites for hydroxylation is 1. The van der Waals surface area contributed by atoms with Crippen molar-refractivity contribution in [2.24, 2.45) is 17.1 Å². The monoisotopic (exact) mass is 293 g/mol. The van der Waals surface area contributed by atoms with Gasteiger partial charge in [0.2, 0.25) is 11.8 Å². The van der Waals surface area contributed by atoms with Crippen LogP contribution in [0, 0.1) is 18.3 Å². The summed E-state index contributed by atoms with van der Waals surface area (Å²) in [7, 11) is 0. The summed E-state index contributed by atoms with van der Waals surface area (Å²) < 4.78 is 11.2. The number of nitrogens with two attached hydrogens (primary N) is 1. The SMILES string of the molecule is Cc1cnc(CNC(=O)C2(N)C3CCCOC3C2(C)C)o1. The Labute approximate surface area is 124 Å². The number of rotatable bonds is 3. The van der Waals surface area contributed by atoms with E-state index in [-0.39, 0.29) is 29.9 Å². The second-order valence-electron chi connectivity index (χ2n) is 6.68. The number of carbonyl (C=O) groups is 1. The largest absolute Gasteiger partial charge is 0.444 e. The first-order chi connectivity index (χ1) is 9.87. The smallest absolute Gasteiger partial charge is 0.241 e. The molecule has 1 saturated heterocycles. The number of nitrogens with one attached hydrogen (secondary N) is 1. The van der Waals surface area contributed by atoms with Crippen molar-refractivity contribution in [2.75, 3.05) is 6.61 Å². The van der Waals surface area contributed by atoms with Crippen LogP contribution < -0.4 is 11.1 Å². The minimum absolute atomic E-state index is 0.0750. The second-order valence-corrected chi connectivity index (χ2v) is 6.68. The van der Waals surface area contributed by atoms with Gasteiger partial charge in [-0.3, -0.25) is 4.79 Å². The summed E-state index contributed by atoms with van der Waals surface area (Å²) in [5.41, 5.74) is 5.25. The molecule has 116 valence electrons. The third-order valence-electron chi connectivity index (χ3n) is 5.13. The molecule has 3 rings (SSSR count). The molecule has 6 heteroatoms. The third-order valence-corrected chi connectivity index (χ3v) is 5.13. The maximum atomic E-state index is 12.6. The number of ether oxygens (including phenoxy) is 1. The van der Waals surface area contributed by atoms with Gasteiger partial charge in [0, 0.05) is 17.9 Å². The maximum Gasteiger partial charge on any atom is 0.241 e. The predicted octanol–water partition coefficient (Wildman–Crippen LogP) is 1.13. The predicted molar refractivity (Wildman–Crippen MR) is 76.3 cm³/mol. The van der Waals surface area contributed by atoms with Crippen LogP contribution in [0.3, 0.4) is 0 Å². The zero-order chi connectivity index (χ0) is 15.3. The van der Waals surface area contributed by atoms with Crippen LogP contribution in [0.2, 0.25) is 0 Å². The minimum Gasteiger partial charge on any atom is -0.444 e. The Balaban J connectivity index is 1.70. The molecule has 0 bridgehead atoms. The Morgan fingerprint density at radius 2 is 2.33 bits per heavy atom. The molecule has 21 heavy (non-hydrogen) atoms. The van der Waals surface area contributed by atoms with Gasteiger partial charge >= 0.3 is 0 Å². The molecule has 3 N–H and O–H groups in total. The van der Waals surface area contributed by atoms with E-state index in [1.165, 1.54) is 0 Å². The molecular formula is C15H23N3O3.